The number of para-hydroxylation sites is 1. The van der Waals surface area contributed by atoms with Gasteiger partial charge in [0.05, 0.1) is 17.7 Å². The Morgan fingerprint density at radius 2 is 1.40 bits per heavy atom. The van der Waals surface area contributed by atoms with Gasteiger partial charge in [0.15, 0.2) is 0 Å². The van der Waals surface area contributed by atoms with Gasteiger partial charge in [-0.1, -0.05) is 65.7 Å². The van der Waals surface area contributed by atoms with Gasteiger partial charge in [-0.05, 0) is 42.0 Å². The number of anilines is 1. The van der Waals surface area contributed by atoms with Crippen molar-refractivity contribution in [3.05, 3.63) is 119 Å². The van der Waals surface area contributed by atoms with Crippen LogP contribution >= 0.6 is 23.2 Å². The zero-order valence-corrected chi connectivity index (χ0v) is 17.4. The third-order valence-corrected chi connectivity index (χ3v) is 5.78. The molecule has 1 aliphatic rings. The predicted molar refractivity (Wildman–Crippen MR) is 122 cm³/mol. The largest absolute Gasteiger partial charge is 0.326 e. The molecule has 6 heteroatoms. The van der Waals surface area contributed by atoms with E-state index in [0.717, 1.165) is 22.5 Å². The molecule has 1 aliphatic heterocycles. The van der Waals surface area contributed by atoms with Crippen molar-refractivity contribution in [1.29, 1.82) is 0 Å². The topological polar surface area (TPSA) is 33.4 Å². The van der Waals surface area contributed by atoms with Crippen molar-refractivity contribution in [3.8, 4) is 0 Å². The van der Waals surface area contributed by atoms with E-state index < -0.39 is 0 Å². The highest BCUT2D eigenvalue weighted by molar-refractivity contribution is 6.31. The van der Waals surface area contributed by atoms with E-state index in [2.05, 4.69) is 38.8 Å². The zero-order valence-electron chi connectivity index (χ0n) is 15.9. The SMILES string of the molecule is Clc1ccc(C2=NN(c3ccccc3)C(c3ccc(Cl)cc3)C2n2ccnc2)cc1. The van der Waals surface area contributed by atoms with Crippen LogP contribution in [0, 0.1) is 0 Å². The standard InChI is InChI=1S/C24H18Cl2N4/c25-19-10-6-17(7-11-19)22-24(29-15-14-27-16-29)23(18-8-12-20(26)13-9-18)30(28-22)21-4-2-1-3-5-21/h1-16,23-24H. The minimum atomic E-state index is -0.0740. The van der Waals surface area contributed by atoms with Gasteiger partial charge in [-0.15, -0.1) is 0 Å². The number of nitrogens with zero attached hydrogens (tertiary/aromatic N) is 4. The van der Waals surface area contributed by atoms with Crippen LogP contribution in [-0.4, -0.2) is 15.3 Å². The Bertz CT molecular complexity index is 1150. The molecule has 0 aliphatic carbocycles. The maximum absolute atomic E-state index is 6.18. The monoisotopic (exact) mass is 432 g/mol. The average molecular weight is 433 g/mol. The van der Waals surface area contributed by atoms with Crippen molar-refractivity contribution < 1.29 is 0 Å². The molecule has 0 amide bonds. The molecule has 3 aromatic carbocycles. The fourth-order valence-corrected chi connectivity index (χ4v) is 4.14. The lowest BCUT2D eigenvalue weighted by molar-refractivity contribution is 0.527. The summed E-state index contributed by atoms with van der Waals surface area (Å²) < 4.78 is 2.11. The first kappa shape index (κ1) is 18.9. The van der Waals surface area contributed by atoms with E-state index in [9.17, 15) is 0 Å². The van der Waals surface area contributed by atoms with Crippen LogP contribution in [0.25, 0.3) is 0 Å². The molecule has 0 N–H and O–H groups in total. The van der Waals surface area contributed by atoms with Gasteiger partial charge in [-0.25, -0.2) is 4.98 Å². The lowest BCUT2D eigenvalue weighted by Gasteiger charge is -2.29. The summed E-state index contributed by atoms with van der Waals surface area (Å²) in [4.78, 5) is 4.30. The van der Waals surface area contributed by atoms with Crippen molar-refractivity contribution in [2.45, 2.75) is 12.1 Å². The molecule has 0 saturated carbocycles. The fraction of sp³-hybridized carbons (Fsp3) is 0.0833. The minimum absolute atomic E-state index is 0.0652. The third kappa shape index (κ3) is 3.49. The number of rotatable bonds is 4. The normalized spacial score (nSPS) is 18.5. The van der Waals surface area contributed by atoms with Crippen LogP contribution in [0.15, 0.2) is 103 Å². The minimum Gasteiger partial charge on any atom is -0.326 e. The number of hydrogen-bond acceptors (Lipinski definition) is 3. The van der Waals surface area contributed by atoms with Crippen LogP contribution in [-0.2, 0) is 0 Å². The Kier molecular flexibility index (Phi) is 5.03. The average Bonchev–Trinajstić information content (AvgIpc) is 3.43. The van der Waals surface area contributed by atoms with E-state index in [1.807, 2.05) is 67.1 Å². The van der Waals surface area contributed by atoms with Gasteiger partial charge in [0.1, 0.15) is 12.1 Å². The first-order chi connectivity index (χ1) is 14.7. The summed E-state index contributed by atoms with van der Waals surface area (Å²) in [6.45, 7) is 0. The molecule has 148 valence electrons. The Labute approximate surface area is 185 Å². The number of hydrogen-bond donors (Lipinski definition) is 0. The molecule has 2 heterocycles. The van der Waals surface area contributed by atoms with E-state index in [-0.39, 0.29) is 12.1 Å². The number of benzene rings is 3. The second-order valence-corrected chi connectivity index (χ2v) is 8.00. The quantitative estimate of drug-likeness (QED) is 0.373. The van der Waals surface area contributed by atoms with Crippen LogP contribution in [0.5, 0.6) is 0 Å². The first-order valence-corrected chi connectivity index (χ1v) is 10.4. The summed E-state index contributed by atoms with van der Waals surface area (Å²) >= 11 is 12.3. The zero-order chi connectivity index (χ0) is 20.5. The Balaban J connectivity index is 1.70. The summed E-state index contributed by atoms with van der Waals surface area (Å²) in [6.07, 6.45) is 5.62. The second-order valence-electron chi connectivity index (χ2n) is 7.12. The van der Waals surface area contributed by atoms with Crippen LogP contribution in [0.2, 0.25) is 10.0 Å². The molecule has 30 heavy (non-hydrogen) atoms. The molecular weight excluding hydrogens is 415 g/mol. The molecule has 4 aromatic rings. The molecule has 0 saturated heterocycles. The van der Waals surface area contributed by atoms with Gasteiger partial charge in [-0.3, -0.25) is 5.01 Å². The van der Waals surface area contributed by atoms with E-state index in [1.54, 1.807) is 6.20 Å². The molecule has 2 atom stereocenters. The lowest BCUT2D eigenvalue weighted by atomic mass is 9.92. The molecule has 1 aromatic heterocycles. The van der Waals surface area contributed by atoms with E-state index in [0.29, 0.717) is 10.0 Å². The summed E-state index contributed by atoms with van der Waals surface area (Å²) in [6, 6.07) is 25.8. The van der Waals surface area contributed by atoms with Gasteiger partial charge in [-0.2, -0.15) is 5.10 Å². The number of halogens is 2. The van der Waals surface area contributed by atoms with Crippen molar-refractivity contribution in [3.63, 3.8) is 0 Å². The molecule has 0 fully saturated rings. The van der Waals surface area contributed by atoms with Gasteiger partial charge in [0.25, 0.3) is 0 Å². The third-order valence-electron chi connectivity index (χ3n) is 5.28. The highest BCUT2D eigenvalue weighted by atomic mass is 35.5. The first-order valence-electron chi connectivity index (χ1n) is 9.62. The van der Waals surface area contributed by atoms with Gasteiger partial charge in [0.2, 0.25) is 0 Å². The van der Waals surface area contributed by atoms with Crippen molar-refractivity contribution >= 4 is 34.6 Å². The van der Waals surface area contributed by atoms with Crippen LogP contribution in [0.3, 0.4) is 0 Å². The Morgan fingerprint density at radius 1 is 0.733 bits per heavy atom. The van der Waals surface area contributed by atoms with Crippen LogP contribution in [0.1, 0.15) is 23.2 Å². The molecule has 2 unspecified atom stereocenters. The molecule has 0 spiro atoms. The highest BCUT2D eigenvalue weighted by Crippen LogP contribution is 2.43. The molecule has 0 radical (unpaired) electrons. The molecular formula is C24H18Cl2N4. The lowest BCUT2D eigenvalue weighted by Crippen LogP contribution is -2.27. The van der Waals surface area contributed by atoms with Crippen LogP contribution < -0.4 is 5.01 Å². The summed E-state index contributed by atoms with van der Waals surface area (Å²) in [5.74, 6) is 0. The summed E-state index contributed by atoms with van der Waals surface area (Å²) in [5, 5.41) is 8.59. The summed E-state index contributed by atoms with van der Waals surface area (Å²) in [7, 11) is 0. The van der Waals surface area contributed by atoms with Crippen molar-refractivity contribution in [2.24, 2.45) is 5.10 Å². The Hall–Kier alpha value is -3.08. The summed E-state index contributed by atoms with van der Waals surface area (Å²) in [5.41, 5.74) is 4.12. The van der Waals surface area contributed by atoms with Gasteiger partial charge >= 0.3 is 0 Å². The number of hydrazone groups is 1. The van der Waals surface area contributed by atoms with E-state index >= 15 is 0 Å². The highest BCUT2D eigenvalue weighted by Gasteiger charge is 2.40. The van der Waals surface area contributed by atoms with Gasteiger partial charge in [0, 0.05) is 28.0 Å². The molecule has 4 nitrogen and oxygen atoms in total. The van der Waals surface area contributed by atoms with Gasteiger partial charge < -0.3 is 4.57 Å². The van der Waals surface area contributed by atoms with Crippen molar-refractivity contribution in [1.82, 2.24) is 9.55 Å². The maximum Gasteiger partial charge on any atom is 0.106 e. The van der Waals surface area contributed by atoms with E-state index in [1.165, 1.54) is 0 Å². The molecule has 0 bridgehead atoms. The number of aromatic nitrogens is 2. The van der Waals surface area contributed by atoms with Crippen LogP contribution in [0.4, 0.5) is 5.69 Å². The fourth-order valence-electron chi connectivity index (χ4n) is 3.89. The smallest absolute Gasteiger partial charge is 0.106 e. The second kappa shape index (κ2) is 7.98. The van der Waals surface area contributed by atoms with E-state index in [4.69, 9.17) is 28.3 Å². The Morgan fingerprint density at radius 3 is 2.03 bits per heavy atom. The maximum atomic E-state index is 6.18. The number of imidazole rings is 1. The van der Waals surface area contributed by atoms with Crippen molar-refractivity contribution in [2.75, 3.05) is 5.01 Å². The predicted octanol–water partition coefficient (Wildman–Crippen LogP) is 6.40. The molecule has 5 rings (SSSR count).